The number of H-pyrrole nitrogens is 1. The summed E-state index contributed by atoms with van der Waals surface area (Å²) in [7, 11) is 1.54. The lowest BCUT2D eigenvalue weighted by molar-refractivity contribution is -0.120. The van der Waals surface area contributed by atoms with E-state index in [1.54, 1.807) is 41.3 Å². The van der Waals surface area contributed by atoms with Crippen molar-refractivity contribution in [3.05, 3.63) is 101 Å². The first-order valence-electron chi connectivity index (χ1n) is 12.4. The maximum atomic E-state index is 14.1. The number of ether oxygens (including phenoxy) is 1. The van der Waals surface area contributed by atoms with Gasteiger partial charge in [0, 0.05) is 36.7 Å². The van der Waals surface area contributed by atoms with E-state index in [1.807, 2.05) is 24.3 Å². The van der Waals surface area contributed by atoms with E-state index in [0.717, 1.165) is 27.1 Å². The summed E-state index contributed by atoms with van der Waals surface area (Å²) >= 11 is 0. The van der Waals surface area contributed by atoms with Gasteiger partial charge in [-0.1, -0.05) is 42.5 Å². The third-order valence-electron chi connectivity index (χ3n) is 7.22. The molecule has 0 bridgehead atoms. The standard InChI is InChI=1S/C29H25FN4O4/c1-38-15-14-31-27(35)20-7-3-5-9-23(20)34-28(36)24-16-21-19-6-2-4-8-22(19)32-25(21)26(33(24)29(34)37)17-10-12-18(30)13-11-17/h2-13,24,26,32H,14-16H2,1H3,(H,31,35). The highest BCUT2D eigenvalue weighted by molar-refractivity contribution is 6.24. The summed E-state index contributed by atoms with van der Waals surface area (Å²) in [5, 5.41) is 3.74. The maximum absolute atomic E-state index is 14.1. The Kier molecular flexibility index (Phi) is 5.92. The van der Waals surface area contributed by atoms with Gasteiger partial charge >= 0.3 is 6.03 Å². The molecule has 2 atom stereocenters. The number of para-hydroxylation sites is 2. The second-order valence-corrected chi connectivity index (χ2v) is 9.37. The van der Waals surface area contributed by atoms with Crippen LogP contribution in [-0.2, 0) is 16.0 Å². The third kappa shape index (κ3) is 3.74. The zero-order valence-corrected chi connectivity index (χ0v) is 20.6. The number of halogens is 1. The smallest absolute Gasteiger partial charge is 0.332 e. The Morgan fingerprint density at radius 3 is 2.58 bits per heavy atom. The van der Waals surface area contributed by atoms with Gasteiger partial charge in [-0.2, -0.15) is 0 Å². The average Bonchev–Trinajstić information content (AvgIpc) is 3.42. The minimum Gasteiger partial charge on any atom is -0.383 e. The van der Waals surface area contributed by atoms with Gasteiger partial charge in [0.1, 0.15) is 17.9 Å². The molecule has 3 heterocycles. The molecule has 6 rings (SSSR count). The summed E-state index contributed by atoms with van der Waals surface area (Å²) in [5.74, 6) is -1.21. The number of methoxy groups -OCH3 is 1. The molecule has 0 aliphatic carbocycles. The van der Waals surface area contributed by atoms with Crippen LogP contribution in [0.3, 0.4) is 0 Å². The molecule has 0 spiro atoms. The van der Waals surface area contributed by atoms with Crippen molar-refractivity contribution in [2.24, 2.45) is 0 Å². The quantitative estimate of drug-likeness (QED) is 0.300. The van der Waals surface area contributed by atoms with Crippen LogP contribution in [0, 0.1) is 5.82 Å². The Morgan fingerprint density at radius 2 is 1.79 bits per heavy atom. The molecular weight excluding hydrogens is 487 g/mol. The molecule has 3 aromatic carbocycles. The molecule has 4 aromatic rings. The molecule has 2 unspecified atom stereocenters. The number of nitrogens with zero attached hydrogens (tertiary/aromatic N) is 2. The summed E-state index contributed by atoms with van der Waals surface area (Å²) in [5.41, 5.74) is 3.76. The van der Waals surface area contributed by atoms with E-state index in [4.69, 9.17) is 4.74 Å². The lowest BCUT2D eigenvalue weighted by atomic mass is 9.89. The summed E-state index contributed by atoms with van der Waals surface area (Å²) in [6, 6.07) is 18.4. The topological polar surface area (TPSA) is 94.7 Å². The van der Waals surface area contributed by atoms with Crippen LogP contribution >= 0.6 is 0 Å². The number of benzene rings is 3. The lowest BCUT2D eigenvalue weighted by Gasteiger charge is -2.36. The summed E-state index contributed by atoms with van der Waals surface area (Å²) in [4.78, 5) is 47.0. The van der Waals surface area contributed by atoms with Crippen molar-refractivity contribution in [3.63, 3.8) is 0 Å². The number of amides is 4. The zero-order valence-electron chi connectivity index (χ0n) is 20.6. The number of anilines is 1. The number of carbonyl (C=O) groups is 3. The number of urea groups is 1. The molecule has 1 fully saturated rings. The van der Waals surface area contributed by atoms with Crippen LogP contribution in [0.2, 0.25) is 0 Å². The molecule has 192 valence electrons. The number of fused-ring (bicyclic) bond motifs is 4. The van der Waals surface area contributed by atoms with E-state index in [0.29, 0.717) is 18.6 Å². The largest absolute Gasteiger partial charge is 0.383 e. The van der Waals surface area contributed by atoms with Gasteiger partial charge in [0.2, 0.25) is 0 Å². The van der Waals surface area contributed by atoms with E-state index >= 15 is 0 Å². The minimum atomic E-state index is -0.783. The van der Waals surface area contributed by atoms with Gasteiger partial charge in [0.05, 0.1) is 17.9 Å². The Labute approximate surface area is 218 Å². The van der Waals surface area contributed by atoms with Gasteiger partial charge in [-0.3, -0.25) is 14.5 Å². The zero-order chi connectivity index (χ0) is 26.4. The van der Waals surface area contributed by atoms with Crippen LogP contribution < -0.4 is 10.2 Å². The third-order valence-corrected chi connectivity index (χ3v) is 7.22. The van der Waals surface area contributed by atoms with Gasteiger partial charge < -0.3 is 15.0 Å². The molecule has 1 aromatic heterocycles. The molecule has 8 nitrogen and oxygen atoms in total. The fourth-order valence-corrected chi connectivity index (χ4v) is 5.51. The van der Waals surface area contributed by atoms with Gasteiger partial charge in [-0.05, 0) is 41.5 Å². The second-order valence-electron chi connectivity index (χ2n) is 9.37. The van der Waals surface area contributed by atoms with Crippen molar-refractivity contribution in [2.45, 2.75) is 18.5 Å². The van der Waals surface area contributed by atoms with Crippen LogP contribution in [0.4, 0.5) is 14.9 Å². The first kappa shape index (κ1) is 23.9. The number of aromatic nitrogens is 1. The van der Waals surface area contributed by atoms with E-state index in [2.05, 4.69) is 10.3 Å². The van der Waals surface area contributed by atoms with Crippen LogP contribution in [0.15, 0.2) is 72.8 Å². The number of carbonyl (C=O) groups excluding carboxylic acids is 3. The van der Waals surface area contributed by atoms with Crippen molar-refractivity contribution >= 4 is 34.4 Å². The SMILES string of the molecule is COCCNC(=O)c1ccccc1N1C(=O)C2Cc3c([nH]c4ccccc34)C(c3ccc(F)cc3)N2C1=O. The van der Waals surface area contributed by atoms with Crippen molar-refractivity contribution in [3.8, 4) is 0 Å². The molecule has 0 radical (unpaired) electrons. The minimum absolute atomic E-state index is 0.215. The first-order chi connectivity index (χ1) is 18.5. The number of hydrogen-bond donors (Lipinski definition) is 2. The van der Waals surface area contributed by atoms with Gasteiger partial charge in [-0.15, -0.1) is 0 Å². The van der Waals surface area contributed by atoms with Crippen LogP contribution in [-0.4, -0.2) is 54.0 Å². The Balaban J connectivity index is 1.45. The van der Waals surface area contributed by atoms with Gasteiger partial charge in [-0.25, -0.2) is 14.1 Å². The Hall–Kier alpha value is -4.50. The van der Waals surface area contributed by atoms with Crippen LogP contribution in [0.25, 0.3) is 10.9 Å². The molecule has 1 saturated heterocycles. The Bertz CT molecular complexity index is 1560. The highest BCUT2D eigenvalue weighted by Crippen LogP contribution is 2.45. The summed E-state index contributed by atoms with van der Waals surface area (Å²) < 4.78 is 18.8. The highest BCUT2D eigenvalue weighted by atomic mass is 19.1. The predicted molar refractivity (Wildman–Crippen MR) is 139 cm³/mol. The highest BCUT2D eigenvalue weighted by Gasteiger charge is 2.53. The summed E-state index contributed by atoms with van der Waals surface area (Å²) in [6.45, 7) is 0.616. The van der Waals surface area contributed by atoms with Crippen molar-refractivity contribution < 1.29 is 23.5 Å². The first-order valence-corrected chi connectivity index (χ1v) is 12.4. The van der Waals surface area contributed by atoms with E-state index < -0.39 is 35.7 Å². The molecule has 9 heteroatoms. The molecule has 38 heavy (non-hydrogen) atoms. The molecule has 2 N–H and O–H groups in total. The molecule has 2 aliphatic heterocycles. The lowest BCUT2D eigenvalue weighted by Crippen LogP contribution is -2.44. The second kappa shape index (κ2) is 9.42. The average molecular weight is 513 g/mol. The van der Waals surface area contributed by atoms with Gasteiger partial charge in [0.25, 0.3) is 11.8 Å². The monoisotopic (exact) mass is 512 g/mol. The molecular formula is C29H25FN4O4. The number of nitrogens with one attached hydrogen (secondary N) is 2. The molecule has 0 saturated carbocycles. The van der Waals surface area contributed by atoms with Crippen molar-refractivity contribution in [1.29, 1.82) is 0 Å². The maximum Gasteiger partial charge on any atom is 0.332 e. The number of rotatable bonds is 6. The number of aromatic amines is 1. The van der Waals surface area contributed by atoms with Crippen LogP contribution in [0.5, 0.6) is 0 Å². The number of imide groups is 1. The molecule has 2 aliphatic rings. The van der Waals surface area contributed by atoms with E-state index in [9.17, 15) is 18.8 Å². The van der Waals surface area contributed by atoms with E-state index in [-0.39, 0.29) is 17.8 Å². The summed E-state index contributed by atoms with van der Waals surface area (Å²) in [6.07, 6.45) is 0.320. The van der Waals surface area contributed by atoms with E-state index in [1.165, 1.54) is 19.2 Å². The predicted octanol–water partition coefficient (Wildman–Crippen LogP) is 4.17. The fourth-order valence-electron chi connectivity index (χ4n) is 5.51. The fraction of sp³-hybridized carbons (Fsp3) is 0.207. The van der Waals surface area contributed by atoms with Crippen molar-refractivity contribution in [1.82, 2.24) is 15.2 Å². The Morgan fingerprint density at radius 1 is 1.05 bits per heavy atom. The normalized spacial score (nSPS) is 18.6. The van der Waals surface area contributed by atoms with Crippen LogP contribution in [0.1, 0.15) is 33.2 Å². The van der Waals surface area contributed by atoms with Crippen molar-refractivity contribution in [2.75, 3.05) is 25.2 Å². The molecule has 4 amide bonds. The number of hydrogen-bond acceptors (Lipinski definition) is 4. The van der Waals surface area contributed by atoms with Gasteiger partial charge in [0.15, 0.2) is 0 Å².